The molecule has 2 aliphatic heterocycles. The van der Waals surface area contributed by atoms with Crippen LogP contribution in [0.2, 0.25) is 0 Å². The van der Waals surface area contributed by atoms with Gasteiger partial charge in [-0.3, -0.25) is 0 Å². The molecule has 0 aliphatic carbocycles. The fourth-order valence-electron chi connectivity index (χ4n) is 5.08. The lowest BCUT2D eigenvalue weighted by Crippen LogP contribution is -3.00. The van der Waals surface area contributed by atoms with Crippen molar-refractivity contribution in [2.75, 3.05) is 66.8 Å². The molecule has 0 saturated heterocycles. The third-order valence-corrected chi connectivity index (χ3v) is 6.82. The molecule has 0 N–H and O–H groups in total. The minimum Gasteiger partial charge on any atom is -1.00 e. The molecule has 7 heteroatoms. The van der Waals surface area contributed by atoms with Crippen molar-refractivity contribution in [3.63, 3.8) is 0 Å². The number of methoxy groups -OCH3 is 2. The van der Waals surface area contributed by atoms with Gasteiger partial charge in [0.25, 0.3) is 0 Å². The summed E-state index contributed by atoms with van der Waals surface area (Å²) in [5, 5.41) is 0. The van der Waals surface area contributed by atoms with E-state index in [4.69, 9.17) is 14.2 Å². The second-order valence-corrected chi connectivity index (χ2v) is 8.78. The third kappa shape index (κ3) is 7.80. The molecule has 0 saturated carbocycles. The summed E-state index contributed by atoms with van der Waals surface area (Å²) in [6.45, 7) is 6.95. The van der Waals surface area contributed by atoms with Gasteiger partial charge in [-0.15, -0.1) is 0 Å². The number of fused-ring (bicyclic) bond motifs is 2. The maximum absolute atomic E-state index is 6.22. The fourth-order valence-corrected chi connectivity index (χ4v) is 5.08. The van der Waals surface area contributed by atoms with E-state index in [-0.39, 0.29) is 34.0 Å². The van der Waals surface area contributed by atoms with Crippen molar-refractivity contribution in [3.8, 4) is 0 Å². The van der Waals surface area contributed by atoms with Crippen molar-refractivity contribution < 1.29 is 57.3 Å². The topological polar surface area (TPSA) is 33.7 Å². The number of hydrogen-bond donors (Lipinski definition) is 0. The van der Waals surface area contributed by atoms with E-state index >= 15 is 0 Å². The van der Waals surface area contributed by atoms with Crippen molar-refractivity contribution in [1.29, 1.82) is 0 Å². The van der Waals surface area contributed by atoms with Crippen LogP contribution in [0.5, 0.6) is 0 Å². The first-order valence-corrected chi connectivity index (χ1v) is 12.3. The Labute approximate surface area is 231 Å². The third-order valence-electron chi connectivity index (χ3n) is 6.82. The SMILES string of the molecule is COCC[N+]1=C(CCOCCC2=[N+](CCOC)CCc3ccccc32)c2ccccc2CC1.[Br-].[Br-]. The molecule has 0 fully saturated rings. The second kappa shape index (κ2) is 15.7. The molecule has 0 atom stereocenters. The second-order valence-electron chi connectivity index (χ2n) is 8.78. The van der Waals surface area contributed by atoms with Gasteiger partial charge in [0, 0.05) is 38.2 Å². The van der Waals surface area contributed by atoms with Crippen LogP contribution < -0.4 is 34.0 Å². The van der Waals surface area contributed by atoms with E-state index in [1.807, 2.05) is 0 Å². The smallest absolute Gasteiger partial charge is 0.185 e. The summed E-state index contributed by atoms with van der Waals surface area (Å²) in [7, 11) is 3.55. The normalized spacial score (nSPS) is 14.7. The first kappa shape index (κ1) is 29.8. The number of rotatable bonds is 12. The average molecular weight is 610 g/mol. The molecule has 4 rings (SSSR count). The maximum Gasteiger partial charge on any atom is 0.185 e. The zero-order valence-electron chi connectivity index (χ0n) is 21.0. The molecule has 0 amide bonds. The standard InChI is InChI=1S/C28H38N2O3.2BrH/c1-31-21-17-29-15-11-23-7-3-5-9-25(23)27(29)13-19-33-20-14-28-26-10-6-4-8-24(26)12-16-30(28)18-22-32-2;;/h3-10H,11-22H2,1-2H3;2*1H/q+2;;/p-2. The summed E-state index contributed by atoms with van der Waals surface area (Å²) < 4.78 is 21.9. The minimum atomic E-state index is 0. The first-order chi connectivity index (χ1) is 16.3. The van der Waals surface area contributed by atoms with Crippen LogP contribution in [0.3, 0.4) is 0 Å². The highest BCUT2D eigenvalue weighted by atomic mass is 79.9. The Morgan fingerprint density at radius 3 is 1.49 bits per heavy atom. The lowest BCUT2D eigenvalue weighted by molar-refractivity contribution is -0.532. The van der Waals surface area contributed by atoms with Gasteiger partial charge < -0.3 is 48.2 Å². The molecule has 5 nitrogen and oxygen atoms in total. The van der Waals surface area contributed by atoms with Gasteiger partial charge >= 0.3 is 0 Å². The Bertz CT molecular complexity index is 928. The Morgan fingerprint density at radius 2 is 1.06 bits per heavy atom. The van der Waals surface area contributed by atoms with Crippen LogP contribution in [0.4, 0.5) is 0 Å². The Morgan fingerprint density at radius 1 is 0.629 bits per heavy atom. The van der Waals surface area contributed by atoms with E-state index in [1.54, 1.807) is 14.2 Å². The van der Waals surface area contributed by atoms with Crippen LogP contribution in [-0.4, -0.2) is 87.4 Å². The summed E-state index contributed by atoms with van der Waals surface area (Å²) in [6, 6.07) is 17.6. The van der Waals surface area contributed by atoms with Gasteiger partial charge in [-0.2, -0.15) is 0 Å². The molecule has 0 bridgehead atoms. The number of nitrogens with zero attached hydrogens (tertiary/aromatic N) is 2. The van der Waals surface area contributed by atoms with Crippen molar-refractivity contribution in [3.05, 3.63) is 70.8 Å². The van der Waals surface area contributed by atoms with E-state index in [0.717, 1.165) is 78.3 Å². The van der Waals surface area contributed by atoms with Crippen LogP contribution in [-0.2, 0) is 27.1 Å². The molecule has 2 heterocycles. The van der Waals surface area contributed by atoms with Gasteiger partial charge in [-0.1, -0.05) is 36.4 Å². The van der Waals surface area contributed by atoms with Gasteiger partial charge in [-0.25, -0.2) is 9.15 Å². The van der Waals surface area contributed by atoms with Crippen molar-refractivity contribution in [1.82, 2.24) is 0 Å². The largest absolute Gasteiger partial charge is 1.00 e. The van der Waals surface area contributed by atoms with Gasteiger partial charge in [0.2, 0.25) is 0 Å². The average Bonchev–Trinajstić information content (AvgIpc) is 2.86. The Kier molecular flexibility index (Phi) is 13.4. The maximum atomic E-state index is 6.22. The van der Waals surface area contributed by atoms with Crippen LogP contribution in [0, 0.1) is 0 Å². The van der Waals surface area contributed by atoms with E-state index in [1.165, 1.54) is 33.7 Å². The quantitative estimate of drug-likeness (QED) is 0.193. The number of benzene rings is 2. The molecule has 0 aromatic heterocycles. The summed E-state index contributed by atoms with van der Waals surface area (Å²) in [5.74, 6) is 0. The van der Waals surface area contributed by atoms with Gasteiger partial charge in [0.05, 0.1) is 26.1 Å². The van der Waals surface area contributed by atoms with Crippen LogP contribution in [0.1, 0.15) is 35.1 Å². The first-order valence-electron chi connectivity index (χ1n) is 12.3. The molecule has 0 spiro atoms. The van der Waals surface area contributed by atoms with Crippen LogP contribution in [0.25, 0.3) is 0 Å². The highest BCUT2D eigenvalue weighted by Crippen LogP contribution is 2.19. The Hall–Kier alpha value is -1.38. The molecule has 2 aliphatic rings. The molecule has 2 aromatic carbocycles. The van der Waals surface area contributed by atoms with E-state index < -0.39 is 0 Å². The molecule has 192 valence electrons. The molecule has 2 aromatic rings. The lowest BCUT2D eigenvalue weighted by atomic mass is 9.95. The zero-order chi connectivity index (χ0) is 22.9. The lowest BCUT2D eigenvalue weighted by Gasteiger charge is -2.19. The summed E-state index contributed by atoms with van der Waals surface area (Å²) in [5.41, 5.74) is 8.45. The minimum absolute atomic E-state index is 0. The predicted molar refractivity (Wildman–Crippen MR) is 132 cm³/mol. The van der Waals surface area contributed by atoms with Gasteiger partial charge in [0.15, 0.2) is 24.5 Å². The predicted octanol–water partition coefficient (Wildman–Crippen LogP) is -2.80. The summed E-state index contributed by atoms with van der Waals surface area (Å²) in [4.78, 5) is 0. The summed E-state index contributed by atoms with van der Waals surface area (Å²) >= 11 is 0. The number of hydrogen-bond acceptors (Lipinski definition) is 3. The van der Waals surface area contributed by atoms with Crippen molar-refractivity contribution >= 4 is 11.4 Å². The molecular formula is C28H38Br2N2O3. The van der Waals surface area contributed by atoms with Crippen molar-refractivity contribution in [2.24, 2.45) is 0 Å². The highest BCUT2D eigenvalue weighted by Gasteiger charge is 2.26. The van der Waals surface area contributed by atoms with E-state index in [9.17, 15) is 0 Å². The van der Waals surface area contributed by atoms with Crippen LogP contribution in [0.15, 0.2) is 48.5 Å². The zero-order valence-corrected chi connectivity index (χ0v) is 24.2. The number of ether oxygens (including phenoxy) is 3. The fraction of sp³-hybridized carbons (Fsp3) is 0.500. The molecule has 35 heavy (non-hydrogen) atoms. The van der Waals surface area contributed by atoms with Gasteiger partial charge in [0.1, 0.15) is 26.3 Å². The monoisotopic (exact) mass is 608 g/mol. The molecular weight excluding hydrogens is 572 g/mol. The highest BCUT2D eigenvalue weighted by molar-refractivity contribution is 5.99. The van der Waals surface area contributed by atoms with Crippen molar-refractivity contribution in [2.45, 2.75) is 25.7 Å². The van der Waals surface area contributed by atoms with Gasteiger partial charge in [-0.05, 0) is 23.3 Å². The van der Waals surface area contributed by atoms with Crippen LogP contribution >= 0.6 is 0 Å². The molecule has 0 radical (unpaired) electrons. The Balaban J connectivity index is 0.00000216. The van der Waals surface area contributed by atoms with E-state index in [0.29, 0.717) is 0 Å². The summed E-state index contributed by atoms with van der Waals surface area (Å²) in [6.07, 6.45) is 4.05. The number of halogens is 2. The molecule has 0 unspecified atom stereocenters. The van der Waals surface area contributed by atoms with E-state index in [2.05, 4.69) is 57.7 Å².